The van der Waals surface area contributed by atoms with E-state index in [9.17, 15) is 9.59 Å². The predicted molar refractivity (Wildman–Crippen MR) is 111 cm³/mol. The normalized spacial score (nSPS) is 10.2. The van der Waals surface area contributed by atoms with Gasteiger partial charge in [-0.1, -0.05) is 39.3 Å². The minimum atomic E-state index is -0.696. The summed E-state index contributed by atoms with van der Waals surface area (Å²) < 4.78 is 5.15. The van der Waals surface area contributed by atoms with Crippen molar-refractivity contribution in [3.63, 3.8) is 0 Å². The van der Waals surface area contributed by atoms with Crippen LogP contribution in [-0.4, -0.2) is 42.9 Å². The fourth-order valence-corrected chi connectivity index (χ4v) is 1.82. The molecule has 0 aliphatic carbocycles. The van der Waals surface area contributed by atoms with E-state index in [1.165, 1.54) is 13.3 Å². The molecule has 8 heteroatoms. The summed E-state index contributed by atoms with van der Waals surface area (Å²) in [5, 5.41) is 15.4. The van der Waals surface area contributed by atoms with Gasteiger partial charge in [-0.15, -0.1) is 6.54 Å². The van der Waals surface area contributed by atoms with E-state index in [-0.39, 0.29) is 51.1 Å². The van der Waals surface area contributed by atoms with Gasteiger partial charge in [-0.05, 0) is 37.5 Å². The fourth-order valence-electron chi connectivity index (χ4n) is 1.82. The number of benzene rings is 1. The molecular formula is C21H35N2O5Y-. The Labute approximate surface area is 200 Å². The zero-order chi connectivity index (χ0) is 21.9. The van der Waals surface area contributed by atoms with Crippen molar-refractivity contribution in [2.75, 3.05) is 13.6 Å². The number of amides is 1. The third kappa shape index (κ3) is 19.9. The van der Waals surface area contributed by atoms with Gasteiger partial charge in [-0.3, -0.25) is 4.79 Å². The minimum Gasteiger partial charge on any atom is -0.665 e. The Balaban J connectivity index is -0.000000641. The second-order valence-corrected chi connectivity index (χ2v) is 6.39. The van der Waals surface area contributed by atoms with E-state index in [2.05, 4.69) is 17.6 Å². The van der Waals surface area contributed by atoms with Crippen LogP contribution in [0.3, 0.4) is 0 Å². The molecule has 1 rings (SSSR count). The Morgan fingerprint density at radius 2 is 1.72 bits per heavy atom. The van der Waals surface area contributed by atoms with E-state index in [0.717, 1.165) is 18.4 Å². The Morgan fingerprint density at radius 1 is 1.21 bits per heavy atom. The van der Waals surface area contributed by atoms with Gasteiger partial charge in [0.1, 0.15) is 18.1 Å². The van der Waals surface area contributed by atoms with Gasteiger partial charge >= 0.3 is 5.97 Å². The van der Waals surface area contributed by atoms with Crippen LogP contribution < -0.4 is 10.1 Å². The molecule has 163 valence electrons. The molecule has 0 aromatic heterocycles. The Bertz CT molecular complexity index is 549. The maximum Gasteiger partial charge on any atom is 0.333 e. The van der Waals surface area contributed by atoms with Crippen LogP contribution in [0.5, 0.6) is 5.75 Å². The first-order chi connectivity index (χ1) is 13.2. The van der Waals surface area contributed by atoms with Crippen molar-refractivity contribution in [3.05, 3.63) is 35.1 Å². The molecule has 1 atom stereocenters. The van der Waals surface area contributed by atoms with Crippen LogP contribution in [0.15, 0.2) is 24.3 Å². The molecule has 1 aromatic carbocycles. The monoisotopic (exact) mass is 484 g/mol. The van der Waals surface area contributed by atoms with E-state index < -0.39 is 12.0 Å². The quantitative estimate of drug-likeness (QED) is 0.335. The van der Waals surface area contributed by atoms with Crippen LogP contribution in [0.25, 0.3) is 5.32 Å². The van der Waals surface area contributed by atoms with Crippen LogP contribution in [-0.2, 0) is 53.7 Å². The third-order valence-electron chi connectivity index (χ3n) is 3.10. The van der Waals surface area contributed by atoms with Crippen LogP contribution in [0.2, 0.25) is 0 Å². The summed E-state index contributed by atoms with van der Waals surface area (Å²) in [6, 6.07) is 5.85. The summed E-state index contributed by atoms with van der Waals surface area (Å²) >= 11 is 0. The molecule has 7 nitrogen and oxygen atoms in total. The number of aliphatic hydroxyl groups excluding tert-OH is 1. The van der Waals surface area contributed by atoms with Gasteiger partial charge in [0.2, 0.25) is 5.91 Å². The molecule has 1 unspecified atom stereocenters. The van der Waals surface area contributed by atoms with Crippen molar-refractivity contribution in [1.82, 2.24) is 5.32 Å². The van der Waals surface area contributed by atoms with Gasteiger partial charge in [0.05, 0.1) is 6.61 Å². The average molecular weight is 484 g/mol. The van der Waals surface area contributed by atoms with Gasteiger partial charge in [0.25, 0.3) is 0 Å². The number of aliphatic hydroxyl groups is 1. The largest absolute Gasteiger partial charge is 0.665 e. The van der Waals surface area contributed by atoms with E-state index in [1.807, 2.05) is 20.9 Å². The SMILES string of the molecule is CC(C)CC(=O)NC(C)C(=O)Oc1ccc(CO)cc1.CC=O.CCC[N-]C.[Y]. The number of esters is 1. The number of hydrogen-bond donors (Lipinski definition) is 2. The molecule has 1 amide bonds. The summed E-state index contributed by atoms with van der Waals surface area (Å²) in [7, 11) is 1.84. The van der Waals surface area contributed by atoms with Crippen LogP contribution >= 0.6 is 0 Å². The van der Waals surface area contributed by atoms with Crippen molar-refractivity contribution in [1.29, 1.82) is 0 Å². The average Bonchev–Trinajstić information content (AvgIpc) is 2.63. The van der Waals surface area contributed by atoms with Crippen molar-refractivity contribution >= 4 is 18.2 Å². The summed E-state index contributed by atoms with van der Waals surface area (Å²) in [6.45, 7) is 9.97. The summed E-state index contributed by atoms with van der Waals surface area (Å²) in [5.41, 5.74) is 0.739. The van der Waals surface area contributed by atoms with E-state index in [0.29, 0.717) is 12.2 Å². The summed E-state index contributed by atoms with van der Waals surface area (Å²) in [6.07, 6.45) is 2.30. The second kappa shape index (κ2) is 21.6. The molecule has 0 spiro atoms. The van der Waals surface area contributed by atoms with E-state index in [4.69, 9.17) is 14.6 Å². The molecule has 1 aromatic rings. The van der Waals surface area contributed by atoms with Gasteiger partial charge in [-0.2, -0.15) is 7.05 Å². The fraction of sp³-hybridized carbons (Fsp3) is 0.571. The maximum absolute atomic E-state index is 11.8. The Kier molecular flexibility index (Phi) is 24.2. The molecule has 1 radical (unpaired) electrons. The second-order valence-electron chi connectivity index (χ2n) is 6.39. The smallest absolute Gasteiger partial charge is 0.333 e. The standard InChI is InChI=1S/C15H21NO4.C4H10N.C2H4O.Y/c1-10(2)8-14(18)16-11(3)15(19)20-13-6-4-12(9-17)5-7-13;1-3-4-5-2;1-2-3;/h4-7,10-11,17H,8-9H2,1-3H3,(H,16,18);3-4H2,1-2H3;2H,1H3;/q;-1;;. The molecule has 0 fully saturated rings. The van der Waals surface area contributed by atoms with Gasteiger partial charge in [-0.25, -0.2) is 4.79 Å². The number of carbonyl (C=O) groups excluding carboxylic acids is 3. The zero-order valence-electron chi connectivity index (χ0n) is 18.5. The number of nitrogens with zero attached hydrogens (tertiary/aromatic N) is 1. The maximum atomic E-state index is 11.8. The van der Waals surface area contributed by atoms with Gasteiger partial charge < -0.3 is 25.3 Å². The Hall–Kier alpha value is -1.15. The van der Waals surface area contributed by atoms with E-state index in [1.54, 1.807) is 31.2 Å². The van der Waals surface area contributed by atoms with E-state index >= 15 is 0 Å². The Morgan fingerprint density at radius 3 is 2.07 bits per heavy atom. The minimum absolute atomic E-state index is 0. The number of rotatable bonds is 8. The predicted octanol–water partition coefficient (Wildman–Crippen LogP) is 3.24. The van der Waals surface area contributed by atoms with Crippen molar-refractivity contribution in [2.45, 2.75) is 60.1 Å². The molecule has 29 heavy (non-hydrogen) atoms. The van der Waals surface area contributed by atoms with Crippen molar-refractivity contribution in [2.24, 2.45) is 5.92 Å². The van der Waals surface area contributed by atoms with Gasteiger partial charge in [0.15, 0.2) is 0 Å². The third-order valence-corrected chi connectivity index (χ3v) is 3.10. The number of ether oxygens (including phenoxy) is 1. The first-order valence-electron chi connectivity index (χ1n) is 9.41. The van der Waals surface area contributed by atoms with Crippen molar-refractivity contribution < 1.29 is 56.9 Å². The number of aldehydes is 1. The first kappa shape index (κ1) is 32.5. The molecule has 0 heterocycles. The van der Waals surface area contributed by atoms with Crippen LogP contribution in [0.4, 0.5) is 0 Å². The zero-order valence-corrected chi connectivity index (χ0v) is 21.3. The summed E-state index contributed by atoms with van der Waals surface area (Å²) in [4.78, 5) is 32.2. The molecule has 0 aliphatic heterocycles. The van der Waals surface area contributed by atoms with Crippen LogP contribution in [0, 0.1) is 5.92 Å². The topological polar surface area (TPSA) is 107 Å². The molecular weight excluding hydrogens is 449 g/mol. The molecule has 0 bridgehead atoms. The molecule has 0 saturated heterocycles. The number of nitrogens with one attached hydrogen (secondary N) is 1. The molecule has 0 aliphatic rings. The molecule has 0 saturated carbocycles. The van der Waals surface area contributed by atoms with Crippen LogP contribution in [0.1, 0.15) is 53.0 Å². The number of hydrogen-bond acceptors (Lipinski definition) is 5. The number of carbonyl (C=O) groups is 3. The summed E-state index contributed by atoms with van der Waals surface area (Å²) in [5.74, 6) is -0.0552. The van der Waals surface area contributed by atoms with Crippen molar-refractivity contribution in [3.8, 4) is 5.75 Å². The first-order valence-corrected chi connectivity index (χ1v) is 9.41. The van der Waals surface area contributed by atoms with Gasteiger partial charge in [0, 0.05) is 39.1 Å². The molecule has 2 N–H and O–H groups in total.